The van der Waals surface area contributed by atoms with Crippen molar-refractivity contribution in [2.45, 2.75) is 26.8 Å². The summed E-state index contributed by atoms with van der Waals surface area (Å²) in [6.07, 6.45) is 0. The minimum absolute atomic E-state index is 0.558. The largest absolute Gasteiger partial charge is 0.369 e. The van der Waals surface area contributed by atoms with Gasteiger partial charge in [-0.2, -0.15) is 0 Å². The monoisotopic (exact) mass is 145 g/mol. The van der Waals surface area contributed by atoms with E-state index in [1.165, 1.54) is 0 Å². The molecule has 0 aliphatic carbocycles. The topological polar surface area (TPSA) is 3.24 Å². The maximum absolute atomic E-state index is 4.77. The summed E-state index contributed by atoms with van der Waals surface area (Å²) in [5.41, 5.74) is 1.70. The molecule has 1 unspecified atom stereocenters. The van der Waals surface area contributed by atoms with Gasteiger partial charge in [-0.25, -0.2) is 0 Å². The van der Waals surface area contributed by atoms with Gasteiger partial charge in [0.2, 0.25) is 0 Å². The van der Waals surface area contributed by atoms with Gasteiger partial charge >= 0.3 is 0 Å². The summed E-state index contributed by atoms with van der Waals surface area (Å²) < 4.78 is 0. The summed E-state index contributed by atoms with van der Waals surface area (Å²) in [7, 11) is 2.01. The number of thiocarbonyl (C=S) groups is 1. The first-order valence-corrected chi connectivity index (χ1v) is 3.74. The second kappa shape index (κ2) is 3.83. The van der Waals surface area contributed by atoms with Gasteiger partial charge in [0, 0.05) is 13.1 Å². The third-order valence-electron chi connectivity index (χ3n) is 1.77. The van der Waals surface area contributed by atoms with Crippen molar-refractivity contribution < 1.29 is 0 Å². The average Bonchev–Trinajstić information content (AvgIpc) is 1.84. The Morgan fingerprint density at radius 2 is 1.78 bits per heavy atom. The van der Waals surface area contributed by atoms with Crippen LogP contribution in [0, 0.1) is 5.92 Å². The average molecular weight is 145 g/mol. The van der Waals surface area contributed by atoms with Crippen LogP contribution in [0.3, 0.4) is 0 Å². The fraction of sp³-hybridized carbons (Fsp3) is 0.857. The van der Waals surface area contributed by atoms with E-state index in [4.69, 9.17) is 12.2 Å². The predicted octanol–water partition coefficient (Wildman–Crippen LogP) is 1.92. The van der Waals surface area contributed by atoms with Crippen molar-refractivity contribution in [1.82, 2.24) is 4.90 Å². The molecule has 9 heavy (non-hydrogen) atoms. The molecule has 54 valence electrons. The third-order valence-corrected chi connectivity index (χ3v) is 2.11. The molecule has 0 bridgehead atoms. The van der Waals surface area contributed by atoms with Crippen molar-refractivity contribution in [3.63, 3.8) is 0 Å². The van der Waals surface area contributed by atoms with Crippen LogP contribution in [-0.2, 0) is 0 Å². The van der Waals surface area contributed by atoms with E-state index in [1.807, 2.05) is 7.05 Å². The van der Waals surface area contributed by atoms with E-state index >= 15 is 0 Å². The quantitative estimate of drug-likeness (QED) is 0.558. The van der Waals surface area contributed by atoms with Gasteiger partial charge in [-0.05, 0) is 12.8 Å². The fourth-order valence-electron chi connectivity index (χ4n) is 0.566. The van der Waals surface area contributed by atoms with E-state index in [0.29, 0.717) is 12.0 Å². The van der Waals surface area contributed by atoms with Crippen LogP contribution in [0.4, 0.5) is 0 Å². The maximum atomic E-state index is 4.77. The Kier molecular flexibility index (Phi) is 3.78. The third kappa shape index (κ3) is 2.80. The summed E-state index contributed by atoms with van der Waals surface area (Å²) >= 11 is 4.77. The molecule has 0 radical (unpaired) electrons. The zero-order chi connectivity index (χ0) is 7.44. The highest BCUT2D eigenvalue weighted by Gasteiger charge is 2.08. The van der Waals surface area contributed by atoms with Crippen molar-refractivity contribution in [3.05, 3.63) is 0 Å². The smallest absolute Gasteiger partial charge is 0.0640 e. The molecule has 0 aliphatic rings. The van der Waals surface area contributed by atoms with Gasteiger partial charge in [-0.1, -0.05) is 26.1 Å². The highest BCUT2D eigenvalue weighted by Crippen LogP contribution is 2.05. The zero-order valence-corrected chi connectivity index (χ0v) is 7.40. The molecule has 0 saturated heterocycles. The molecule has 0 saturated carbocycles. The maximum Gasteiger partial charge on any atom is 0.0640 e. The van der Waals surface area contributed by atoms with E-state index in [9.17, 15) is 0 Å². The van der Waals surface area contributed by atoms with Crippen LogP contribution >= 0.6 is 12.2 Å². The van der Waals surface area contributed by atoms with E-state index in [1.54, 1.807) is 5.49 Å². The molecule has 0 aromatic rings. The van der Waals surface area contributed by atoms with Crippen LogP contribution in [0.1, 0.15) is 20.8 Å². The number of hydrogen-bond donors (Lipinski definition) is 0. The van der Waals surface area contributed by atoms with E-state index in [-0.39, 0.29) is 0 Å². The lowest BCUT2D eigenvalue weighted by Gasteiger charge is -2.24. The van der Waals surface area contributed by atoms with Gasteiger partial charge in [-0.3, -0.25) is 0 Å². The molecule has 0 heterocycles. The molecule has 2 heteroatoms. The molecule has 0 N–H and O–H groups in total. The highest BCUT2D eigenvalue weighted by molar-refractivity contribution is 7.78. The lowest BCUT2D eigenvalue weighted by atomic mass is 10.1. The van der Waals surface area contributed by atoms with Crippen LogP contribution in [0.5, 0.6) is 0 Å². The zero-order valence-electron chi connectivity index (χ0n) is 6.59. The van der Waals surface area contributed by atoms with Gasteiger partial charge in [-0.15, -0.1) is 0 Å². The van der Waals surface area contributed by atoms with Crippen molar-refractivity contribution in [2.75, 3.05) is 7.05 Å². The van der Waals surface area contributed by atoms with Crippen LogP contribution in [0.25, 0.3) is 0 Å². The van der Waals surface area contributed by atoms with E-state index in [0.717, 1.165) is 0 Å². The fourth-order valence-corrected chi connectivity index (χ4v) is 0.758. The van der Waals surface area contributed by atoms with Gasteiger partial charge in [0.1, 0.15) is 0 Å². The molecule has 1 atom stereocenters. The Morgan fingerprint density at radius 3 is 1.89 bits per heavy atom. The Balaban J connectivity index is 3.71. The Hall–Kier alpha value is -0.110. The molecule has 0 spiro atoms. The minimum atomic E-state index is 0.558. The molecule has 0 fully saturated rings. The lowest BCUT2D eigenvalue weighted by Crippen LogP contribution is -2.31. The Labute approximate surface area is 63.0 Å². The summed E-state index contributed by atoms with van der Waals surface area (Å²) in [4.78, 5) is 2.06. The second-order valence-corrected chi connectivity index (χ2v) is 2.97. The highest BCUT2D eigenvalue weighted by atomic mass is 32.1. The normalized spacial score (nSPS) is 13.4. The SMILES string of the molecule is CC(C)C(C)N(C)C=S. The van der Waals surface area contributed by atoms with Gasteiger partial charge in [0.15, 0.2) is 0 Å². The lowest BCUT2D eigenvalue weighted by molar-refractivity contribution is 0.320. The number of hydrogen-bond acceptors (Lipinski definition) is 1. The van der Waals surface area contributed by atoms with Crippen LogP contribution < -0.4 is 0 Å². The molecule has 0 aromatic carbocycles. The molecular formula is C7H15NS. The van der Waals surface area contributed by atoms with Crippen molar-refractivity contribution in [2.24, 2.45) is 5.92 Å². The van der Waals surface area contributed by atoms with E-state index < -0.39 is 0 Å². The minimum Gasteiger partial charge on any atom is -0.369 e. The molecule has 0 aliphatic heterocycles. The summed E-state index contributed by atoms with van der Waals surface area (Å²) in [6.45, 7) is 6.56. The molecule has 0 aromatic heterocycles. The first kappa shape index (κ1) is 8.89. The molecule has 0 rings (SSSR count). The molecule has 1 nitrogen and oxygen atoms in total. The summed E-state index contributed by atoms with van der Waals surface area (Å²) in [6, 6.07) is 0.558. The van der Waals surface area contributed by atoms with Crippen molar-refractivity contribution >= 4 is 17.7 Å². The molecule has 0 amide bonds. The van der Waals surface area contributed by atoms with Crippen molar-refractivity contribution in [3.8, 4) is 0 Å². The first-order valence-electron chi connectivity index (χ1n) is 3.26. The van der Waals surface area contributed by atoms with Gasteiger partial charge < -0.3 is 4.90 Å². The van der Waals surface area contributed by atoms with Gasteiger partial charge in [0.05, 0.1) is 5.49 Å². The summed E-state index contributed by atoms with van der Waals surface area (Å²) in [5, 5.41) is 0. The van der Waals surface area contributed by atoms with Crippen LogP contribution in [0.2, 0.25) is 0 Å². The first-order chi connectivity index (χ1) is 4.09. The predicted molar refractivity (Wildman–Crippen MR) is 45.7 cm³/mol. The summed E-state index contributed by atoms with van der Waals surface area (Å²) in [5.74, 6) is 0.675. The Bertz CT molecular complexity index is 90.9. The van der Waals surface area contributed by atoms with Crippen molar-refractivity contribution in [1.29, 1.82) is 0 Å². The number of nitrogens with zero attached hydrogens (tertiary/aromatic N) is 1. The molecular weight excluding hydrogens is 130 g/mol. The van der Waals surface area contributed by atoms with Gasteiger partial charge in [0.25, 0.3) is 0 Å². The number of rotatable bonds is 3. The Morgan fingerprint density at radius 1 is 1.33 bits per heavy atom. The van der Waals surface area contributed by atoms with Crippen LogP contribution in [-0.4, -0.2) is 23.5 Å². The standard InChI is InChI=1S/C7H15NS/c1-6(2)7(3)8(4)5-9/h5-7H,1-4H3. The van der Waals surface area contributed by atoms with Crippen LogP contribution in [0.15, 0.2) is 0 Å². The van der Waals surface area contributed by atoms with E-state index in [2.05, 4.69) is 25.7 Å². The second-order valence-electron chi connectivity index (χ2n) is 2.76.